The number of aliphatic hydroxyl groups is 1. The number of halogens is 1. The van der Waals surface area contributed by atoms with E-state index in [1.54, 1.807) is 16.9 Å². The standard InChI is InChI=1S/C17H23FN6O2/c18-14-3-1-2-13(10-14)16(25)11-20-17(26)15-12-24(22-21-15)9-8-23-6-4-19-5-7-23/h1-3,10,12,16,19,25H,4-9,11H2,(H,20,26). The lowest BCUT2D eigenvalue weighted by Crippen LogP contribution is -2.44. The summed E-state index contributed by atoms with van der Waals surface area (Å²) in [5.41, 5.74) is 0.599. The van der Waals surface area contributed by atoms with Crippen molar-refractivity contribution in [2.75, 3.05) is 39.3 Å². The average Bonchev–Trinajstić information content (AvgIpc) is 3.14. The van der Waals surface area contributed by atoms with Crippen LogP contribution in [-0.4, -0.2) is 70.2 Å². The highest BCUT2D eigenvalue weighted by atomic mass is 19.1. The van der Waals surface area contributed by atoms with E-state index in [0.717, 1.165) is 32.7 Å². The van der Waals surface area contributed by atoms with E-state index in [1.165, 1.54) is 18.2 Å². The van der Waals surface area contributed by atoms with Crippen LogP contribution < -0.4 is 10.6 Å². The Labute approximate surface area is 151 Å². The van der Waals surface area contributed by atoms with E-state index >= 15 is 0 Å². The molecule has 9 heteroatoms. The monoisotopic (exact) mass is 362 g/mol. The number of aromatic nitrogens is 3. The zero-order valence-electron chi connectivity index (χ0n) is 14.4. The molecule has 3 N–H and O–H groups in total. The number of nitrogens with zero attached hydrogens (tertiary/aromatic N) is 4. The number of benzene rings is 1. The molecule has 1 aliphatic rings. The van der Waals surface area contributed by atoms with Gasteiger partial charge in [0.15, 0.2) is 5.69 Å². The second kappa shape index (κ2) is 8.84. The Balaban J connectivity index is 1.46. The molecule has 1 aromatic heterocycles. The maximum absolute atomic E-state index is 13.2. The molecule has 1 amide bonds. The number of hydrogen-bond donors (Lipinski definition) is 3. The van der Waals surface area contributed by atoms with Crippen molar-refractivity contribution in [2.24, 2.45) is 0 Å². The van der Waals surface area contributed by atoms with Gasteiger partial charge in [0.05, 0.1) is 18.8 Å². The first-order chi connectivity index (χ1) is 12.6. The molecule has 0 saturated carbocycles. The summed E-state index contributed by atoms with van der Waals surface area (Å²) < 4.78 is 14.8. The minimum atomic E-state index is -0.989. The van der Waals surface area contributed by atoms with Crippen molar-refractivity contribution < 1.29 is 14.3 Å². The summed E-state index contributed by atoms with van der Waals surface area (Å²) >= 11 is 0. The van der Waals surface area contributed by atoms with Crippen LogP contribution in [0.25, 0.3) is 0 Å². The van der Waals surface area contributed by atoms with Crippen molar-refractivity contribution in [1.82, 2.24) is 30.5 Å². The minimum absolute atomic E-state index is 0.0318. The van der Waals surface area contributed by atoms with E-state index in [-0.39, 0.29) is 12.2 Å². The lowest BCUT2D eigenvalue weighted by molar-refractivity contribution is 0.0911. The first-order valence-corrected chi connectivity index (χ1v) is 8.67. The largest absolute Gasteiger partial charge is 0.387 e. The van der Waals surface area contributed by atoms with Gasteiger partial charge < -0.3 is 15.7 Å². The molecule has 8 nitrogen and oxygen atoms in total. The number of amides is 1. The molecular weight excluding hydrogens is 339 g/mol. The van der Waals surface area contributed by atoms with Gasteiger partial charge in [-0.05, 0) is 17.7 Å². The zero-order valence-corrected chi connectivity index (χ0v) is 14.4. The second-order valence-corrected chi connectivity index (χ2v) is 6.24. The van der Waals surface area contributed by atoms with Crippen LogP contribution in [0.4, 0.5) is 4.39 Å². The molecule has 140 valence electrons. The Bertz CT molecular complexity index is 732. The molecule has 0 aliphatic carbocycles. The number of carbonyl (C=O) groups excluding carboxylic acids is 1. The van der Waals surface area contributed by atoms with E-state index < -0.39 is 17.8 Å². The van der Waals surface area contributed by atoms with Crippen molar-refractivity contribution in [3.63, 3.8) is 0 Å². The van der Waals surface area contributed by atoms with Crippen LogP contribution in [0.1, 0.15) is 22.2 Å². The Morgan fingerprint density at radius 2 is 2.15 bits per heavy atom. The van der Waals surface area contributed by atoms with Crippen LogP contribution in [-0.2, 0) is 6.54 Å². The third-order valence-electron chi connectivity index (χ3n) is 4.32. The molecule has 1 atom stereocenters. The third-order valence-corrected chi connectivity index (χ3v) is 4.32. The number of nitrogens with one attached hydrogen (secondary N) is 2. The normalized spacial score (nSPS) is 16.4. The lowest BCUT2D eigenvalue weighted by Gasteiger charge is -2.26. The number of piperazine rings is 1. The van der Waals surface area contributed by atoms with Crippen molar-refractivity contribution in [3.8, 4) is 0 Å². The summed E-state index contributed by atoms with van der Waals surface area (Å²) in [5.74, 6) is -0.853. The summed E-state index contributed by atoms with van der Waals surface area (Å²) in [6, 6.07) is 5.66. The molecule has 0 radical (unpaired) electrons. The average molecular weight is 362 g/mol. The fraction of sp³-hybridized carbons (Fsp3) is 0.471. The lowest BCUT2D eigenvalue weighted by atomic mass is 10.1. The van der Waals surface area contributed by atoms with E-state index in [0.29, 0.717) is 12.1 Å². The fourth-order valence-corrected chi connectivity index (χ4v) is 2.80. The van der Waals surface area contributed by atoms with Crippen molar-refractivity contribution >= 4 is 5.91 Å². The van der Waals surface area contributed by atoms with Crippen LogP contribution in [0.3, 0.4) is 0 Å². The molecule has 0 bridgehead atoms. The maximum Gasteiger partial charge on any atom is 0.273 e. The highest BCUT2D eigenvalue weighted by Gasteiger charge is 2.15. The smallest absolute Gasteiger partial charge is 0.273 e. The fourth-order valence-electron chi connectivity index (χ4n) is 2.80. The van der Waals surface area contributed by atoms with E-state index in [9.17, 15) is 14.3 Å². The molecule has 1 fully saturated rings. The quantitative estimate of drug-likeness (QED) is 0.631. The third kappa shape index (κ3) is 5.07. The molecule has 26 heavy (non-hydrogen) atoms. The van der Waals surface area contributed by atoms with Gasteiger partial charge in [0.25, 0.3) is 5.91 Å². The summed E-state index contributed by atoms with van der Waals surface area (Å²) in [4.78, 5) is 14.5. The van der Waals surface area contributed by atoms with Gasteiger partial charge in [0, 0.05) is 39.3 Å². The minimum Gasteiger partial charge on any atom is -0.387 e. The van der Waals surface area contributed by atoms with Crippen LogP contribution in [0.5, 0.6) is 0 Å². The number of rotatable bonds is 7. The maximum atomic E-state index is 13.2. The first-order valence-electron chi connectivity index (χ1n) is 8.67. The Morgan fingerprint density at radius 3 is 2.92 bits per heavy atom. The predicted octanol–water partition coefficient (Wildman–Crippen LogP) is -0.214. The van der Waals surface area contributed by atoms with E-state index in [1.807, 2.05) is 0 Å². The van der Waals surface area contributed by atoms with Crippen molar-refractivity contribution in [1.29, 1.82) is 0 Å². The van der Waals surface area contributed by atoms with Gasteiger partial charge in [-0.2, -0.15) is 0 Å². The molecule has 1 unspecified atom stereocenters. The van der Waals surface area contributed by atoms with Crippen LogP contribution >= 0.6 is 0 Å². The molecule has 2 heterocycles. The molecule has 2 aromatic rings. The van der Waals surface area contributed by atoms with Gasteiger partial charge in [-0.1, -0.05) is 17.3 Å². The topological polar surface area (TPSA) is 95.3 Å². The summed E-state index contributed by atoms with van der Waals surface area (Å²) in [7, 11) is 0. The van der Waals surface area contributed by atoms with Gasteiger partial charge in [0.2, 0.25) is 0 Å². The summed E-state index contributed by atoms with van der Waals surface area (Å²) in [5, 5.41) is 23.8. The summed E-state index contributed by atoms with van der Waals surface area (Å²) in [6.45, 7) is 5.45. The highest BCUT2D eigenvalue weighted by Crippen LogP contribution is 2.13. The van der Waals surface area contributed by atoms with Gasteiger partial charge in [-0.3, -0.25) is 14.4 Å². The molecule has 0 spiro atoms. The number of aliphatic hydroxyl groups excluding tert-OH is 1. The molecular formula is C17H23FN6O2. The van der Waals surface area contributed by atoms with Gasteiger partial charge in [0.1, 0.15) is 5.82 Å². The molecule has 1 aliphatic heterocycles. The van der Waals surface area contributed by atoms with Crippen molar-refractivity contribution in [2.45, 2.75) is 12.6 Å². The van der Waals surface area contributed by atoms with Crippen LogP contribution in [0.2, 0.25) is 0 Å². The van der Waals surface area contributed by atoms with Gasteiger partial charge in [-0.15, -0.1) is 5.10 Å². The SMILES string of the molecule is O=C(NCC(O)c1cccc(F)c1)c1cn(CCN2CCNCC2)nn1. The predicted molar refractivity (Wildman–Crippen MR) is 93.0 cm³/mol. The van der Waals surface area contributed by atoms with E-state index in [4.69, 9.17) is 0 Å². The van der Waals surface area contributed by atoms with Crippen molar-refractivity contribution in [3.05, 3.63) is 47.5 Å². The van der Waals surface area contributed by atoms with Gasteiger partial charge in [-0.25, -0.2) is 4.39 Å². The molecule has 1 aromatic carbocycles. The number of carbonyl (C=O) groups is 1. The van der Waals surface area contributed by atoms with Gasteiger partial charge >= 0.3 is 0 Å². The zero-order chi connectivity index (χ0) is 18.4. The van der Waals surface area contributed by atoms with Crippen LogP contribution in [0.15, 0.2) is 30.5 Å². The van der Waals surface area contributed by atoms with Crippen LogP contribution in [0, 0.1) is 5.82 Å². The second-order valence-electron chi connectivity index (χ2n) is 6.24. The number of hydrogen-bond acceptors (Lipinski definition) is 6. The first kappa shape index (κ1) is 18.4. The summed E-state index contributed by atoms with van der Waals surface area (Å²) in [6.07, 6.45) is 0.601. The Morgan fingerprint density at radius 1 is 1.35 bits per heavy atom. The Hall–Kier alpha value is -2.36. The molecule has 3 rings (SSSR count). The molecule has 1 saturated heterocycles. The Kier molecular flexibility index (Phi) is 6.26. The highest BCUT2D eigenvalue weighted by molar-refractivity contribution is 5.91. The van der Waals surface area contributed by atoms with E-state index in [2.05, 4.69) is 25.8 Å².